The lowest BCUT2D eigenvalue weighted by Crippen LogP contribution is -2.42. The maximum atomic E-state index is 12.8. The number of aliphatic hydroxyl groups is 1. The lowest BCUT2D eigenvalue weighted by Gasteiger charge is -2.26. The summed E-state index contributed by atoms with van der Waals surface area (Å²) in [6.07, 6.45) is -5.08. The lowest BCUT2D eigenvalue weighted by molar-refractivity contribution is -0.137. The SMILES string of the molecule is C[C@@H](O)CNC(=O)NC[C@H](c1cccc(C(F)(F)F)c1)N(C)C. The van der Waals surface area contributed by atoms with Crippen molar-refractivity contribution in [1.29, 1.82) is 0 Å². The molecule has 0 unspecified atom stereocenters. The first-order valence-corrected chi connectivity index (χ1v) is 7.14. The number of rotatable bonds is 6. The van der Waals surface area contributed by atoms with E-state index in [0.717, 1.165) is 12.1 Å². The van der Waals surface area contributed by atoms with E-state index >= 15 is 0 Å². The number of benzene rings is 1. The number of hydrogen-bond acceptors (Lipinski definition) is 3. The zero-order valence-electron chi connectivity index (χ0n) is 13.3. The van der Waals surface area contributed by atoms with E-state index < -0.39 is 29.9 Å². The fraction of sp³-hybridized carbons (Fsp3) is 0.533. The Hall–Kier alpha value is -1.80. The topological polar surface area (TPSA) is 64.6 Å². The monoisotopic (exact) mass is 333 g/mol. The Labute approximate surface area is 133 Å². The molecule has 0 aliphatic heterocycles. The van der Waals surface area contributed by atoms with Gasteiger partial charge < -0.3 is 20.6 Å². The average molecular weight is 333 g/mol. The Morgan fingerprint density at radius 3 is 2.39 bits per heavy atom. The molecule has 0 saturated carbocycles. The van der Waals surface area contributed by atoms with Crippen LogP contribution in [-0.2, 0) is 6.18 Å². The number of nitrogens with zero attached hydrogens (tertiary/aromatic N) is 1. The summed E-state index contributed by atoms with van der Waals surface area (Å²) in [6, 6.07) is 4.15. The first-order chi connectivity index (χ1) is 10.6. The number of carbonyl (C=O) groups excluding carboxylic acids is 1. The van der Waals surface area contributed by atoms with Crippen LogP contribution in [0.4, 0.5) is 18.0 Å². The van der Waals surface area contributed by atoms with Gasteiger partial charge in [-0.1, -0.05) is 12.1 Å². The van der Waals surface area contributed by atoms with E-state index in [0.29, 0.717) is 5.56 Å². The van der Waals surface area contributed by atoms with Gasteiger partial charge in [-0.3, -0.25) is 0 Å². The van der Waals surface area contributed by atoms with Crippen molar-refractivity contribution in [3.63, 3.8) is 0 Å². The second-order valence-corrected chi connectivity index (χ2v) is 5.54. The Balaban J connectivity index is 2.78. The third-order valence-corrected chi connectivity index (χ3v) is 3.24. The van der Waals surface area contributed by atoms with Gasteiger partial charge in [0.1, 0.15) is 0 Å². The van der Waals surface area contributed by atoms with Crippen LogP contribution in [0.5, 0.6) is 0 Å². The normalized spacial score (nSPS) is 14.4. The van der Waals surface area contributed by atoms with Crippen molar-refractivity contribution in [2.24, 2.45) is 0 Å². The van der Waals surface area contributed by atoms with Crippen molar-refractivity contribution in [3.8, 4) is 0 Å². The number of urea groups is 1. The Morgan fingerprint density at radius 1 is 1.26 bits per heavy atom. The summed E-state index contributed by atoms with van der Waals surface area (Å²) in [4.78, 5) is 13.3. The van der Waals surface area contributed by atoms with E-state index in [4.69, 9.17) is 5.11 Å². The molecule has 8 heteroatoms. The van der Waals surface area contributed by atoms with Crippen molar-refractivity contribution in [1.82, 2.24) is 15.5 Å². The first-order valence-electron chi connectivity index (χ1n) is 7.14. The lowest BCUT2D eigenvalue weighted by atomic mass is 10.0. The number of amides is 2. The molecule has 0 fully saturated rings. The number of alkyl halides is 3. The summed E-state index contributed by atoms with van der Waals surface area (Å²) in [7, 11) is 3.45. The molecule has 3 N–H and O–H groups in total. The highest BCUT2D eigenvalue weighted by Gasteiger charge is 2.31. The van der Waals surface area contributed by atoms with Gasteiger partial charge in [-0.05, 0) is 38.7 Å². The predicted octanol–water partition coefficient (Wildman–Crippen LogP) is 1.99. The van der Waals surface area contributed by atoms with Crippen molar-refractivity contribution >= 4 is 6.03 Å². The molecule has 0 aliphatic rings. The van der Waals surface area contributed by atoms with E-state index in [9.17, 15) is 18.0 Å². The molecule has 0 aromatic heterocycles. The summed E-state index contributed by atoms with van der Waals surface area (Å²) in [5.74, 6) is 0. The molecule has 0 aliphatic carbocycles. The molecule has 5 nitrogen and oxygen atoms in total. The summed E-state index contributed by atoms with van der Waals surface area (Å²) < 4.78 is 38.4. The molecular formula is C15H22F3N3O2. The number of carbonyl (C=O) groups is 1. The second kappa shape index (κ2) is 8.16. The quantitative estimate of drug-likeness (QED) is 0.746. The zero-order chi connectivity index (χ0) is 17.6. The molecule has 0 saturated heterocycles. The van der Waals surface area contributed by atoms with Crippen LogP contribution >= 0.6 is 0 Å². The number of hydrogen-bond donors (Lipinski definition) is 3. The summed E-state index contributed by atoms with van der Waals surface area (Å²) in [5.41, 5.74) is -0.263. The molecule has 1 aromatic carbocycles. The molecule has 23 heavy (non-hydrogen) atoms. The van der Waals surface area contributed by atoms with Gasteiger partial charge in [-0.25, -0.2) is 4.79 Å². The standard InChI is InChI=1S/C15H22F3N3O2/c1-10(22)8-19-14(23)20-9-13(21(2)3)11-5-4-6-12(7-11)15(16,17)18/h4-7,10,13,22H,8-9H2,1-3H3,(H2,19,20,23)/t10-,13-/m1/s1. The average Bonchev–Trinajstić information content (AvgIpc) is 2.44. The minimum absolute atomic E-state index is 0.0992. The maximum Gasteiger partial charge on any atom is 0.416 e. The van der Waals surface area contributed by atoms with E-state index in [1.165, 1.54) is 13.0 Å². The fourth-order valence-corrected chi connectivity index (χ4v) is 2.01. The van der Waals surface area contributed by atoms with Crippen LogP contribution in [0.2, 0.25) is 0 Å². The molecule has 130 valence electrons. The van der Waals surface area contributed by atoms with Crippen LogP contribution in [0, 0.1) is 0 Å². The molecule has 0 spiro atoms. The van der Waals surface area contributed by atoms with Crippen molar-refractivity contribution in [2.75, 3.05) is 27.2 Å². The zero-order valence-corrected chi connectivity index (χ0v) is 13.3. The van der Waals surface area contributed by atoms with Crippen LogP contribution < -0.4 is 10.6 Å². The van der Waals surface area contributed by atoms with Gasteiger partial charge in [0.15, 0.2) is 0 Å². The Morgan fingerprint density at radius 2 is 1.87 bits per heavy atom. The van der Waals surface area contributed by atoms with Crippen LogP contribution in [0.3, 0.4) is 0 Å². The minimum Gasteiger partial charge on any atom is -0.392 e. The number of aliphatic hydroxyl groups excluding tert-OH is 1. The van der Waals surface area contributed by atoms with Gasteiger partial charge >= 0.3 is 12.2 Å². The molecule has 2 amide bonds. The third kappa shape index (κ3) is 6.45. The van der Waals surface area contributed by atoms with Gasteiger partial charge in [0.2, 0.25) is 0 Å². The van der Waals surface area contributed by atoms with Crippen molar-refractivity contribution in [2.45, 2.75) is 25.2 Å². The first kappa shape index (κ1) is 19.2. The summed E-state index contributed by atoms with van der Waals surface area (Å²) in [5, 5.41) is 14.2. The van der Waals surface area contributed by atoms with Crippen LogP contribution in [-0.4, -0.2) is 49.3 Å². The number of nitrogens with one attached hydrogen (secondary N) is 2. The van der Waals surface area contributed by atoms with E-state index in [-0.39, 0.29) is 13.1 Å². The van der Waals surface area contributed by atoms with Gasteiger partial charge in [0, 0.05) is 13.1 Å². The fourth-order valence-electron chi connectivity index (χ4n) is 2.01. The summed E-state index contributed by atoms with van der Waals surface area (Å²) in [6.45, 7) is 1.77. The number of halogens is 3. The highest BCUT2D eigenvalue weighted by molar-refractivity contribution is 5.73. The van der Waals surface area contributed by atoms with Crippen molar-refractivity contribution in [3.05, 3.63) is 35.4 Å². The van der Waals surface area contributed by atoms with Crippen molar-refractivity contribution < 1.29 is 23.1 Å². The molecular weight excluding hydrogens is 311 g/mol. The van der Waals surface area contributed by atoms with E-state index in [2.05, 4.69) is 10.6 Å². The highest BCUT2D eigenvalue weighted by Crippen LogP contribution is 2.31. The van der Waals surface area contributed by atoms with Crippen LogP contribution in [0.25, 0.3) is 0 Å². The molecule has 1 aromatic rings. The smallest absolute Gasteiger partial charge is 0.392 e. The summed E-state index contributed by atoms with van der Waals surface area (Å²) >= 11 is 0. The molecule has 0 radical (unpaired) electrons. The van der Waals surface area contributed by atoms with E-state index in [1.807, 2.05) is 0 Å². The molecule has 0 bridgehead atoms. The van der Waals surface area contributed by atoms with Gasteiger partial charge in [-0.15, -0.1) is 0 Å². The van der Waals surface area contributed by atoms with Gasteiger partial charge in [0.25, 0.3) is 0 Å². The van der Waals surface area contributed by atoms with Crippen LogP contribution in [0.1, 0.15) is 24.1 Å². The Bertz CT molecular complexity index is 519. The van der Waals surface area contributed by atoms with Gasteiger partial charge in [0.05, 0.1) is 17.7 Å². The van der Waals surface area contributed by atoms with E-state index in [1.54, 1.807) is 25.1 Å². The van der Waals surface area contributed by atoms with Crippen LogP contribution in [0.15, 0.2) is 24.3 Å². The third-order valence-electron chi connectivity index (χ3n) is 3.24. The molecule has 2 atom stereocenters. The Kier molecular flexibility index (Phi) is 6.83. The largest absolute Gasteiger partial charge is 0.416 e. The number of likely N-dealkylation sites (N-methyl/N-ethyl adjacent to an activating group) is 1. The minimum atomic E-state index is -4.41. The predicted molar refractivity (Wildman–Crippen MR) is 81.0 cm³/mol. The highest BCUT2D eigenvalue weighted by atomic mass is 19.4. The molecule has 1 rings (SSSR count). The maximum absolute atomic E-state index is 12.8. The molecule has 0 heterocycles. The van der Waals surface area contributed by atoms with Gasteiger partial charge in [-0.2, -0.15) is 13.2 Å². The second-order valence-electron chi connectivity index (χ2n) is 5.54.